The lowest BCUT2D eigenvalue weighted by atomic mass is 10.1. The summed E-state index contributed by atoms with van der Waals surface area (Å²) in [5, 5.41) is 12.2. The Hall–Kier alpha value is -2.58. The van der Waals surface area contributed by atoms with Crippen LogP contribution in [0.3, 0.4) is 0 Å². The van der Waals surface area contributed by atoms with Gasteiger partial charge in [0.25, 0.3) is 5.91 Å². The normalized spacial score (nSPS) is 10.6. The number of nitrogens with zero attached hydrogens (tertiary/aromatic N) is 2. The Morgan fingerprint density at radius 1 is 1.30 bits per heavy atom. The van der Waals surface area contributed by atoms with Gasteiger partial charge in [-0.25, -0.2) is 0 Å². The fourth-order valence-electron chi connectivity index (χ4n) is 2.51. The maximum absolute atomic E-state index is 12.6. The standard InChI is InChI=1S/C18H22N4O/c1-4-14-7-5-6-8-16(14)22-11-9-15(13-19)17(22)18(23)20-10-12-21(2)3/h5-9,11H,4,10,12H2,1-3H3,(H,20,23)/p+1. The number of hydrogen-bond donors (Lipinski definition) is 2. The summed E-state index contributed by atoms with van der Waals surface area (Å²) in [7, 11) is 4.07. The van der Waals surface area contributed by atoms with E-state index in [1.165, 1.54) is 4.90 Å². The van der Waals surface area contributed by atoms with E-state index in [9.17, 15) is 10.1 Å². The van der Waals surface area contributed by atoms with E-state index >= 15 is 0 Å². The molecule has 0 aliphatic heterocycles. The molecule has 0 unspecified atom stereocenters. The fraction of sp³-hybridized carbons (Fsp3) is 0.333. The van der Waals surface area contributed by atoms with Crippen molar-refractivity contribution in [2.75, 3.05) is 27.2 Å². The van der Waals surface area contributed by atoms with Crippen LogP contribution in [-0.4, -0.2) is 37.7 Å². The number of rotatable bonds is 6. The van der Waals surface area contributed by atoms with Crippen LogP contribution >= 0.6 is 0 Å². The Bertz CT molecular complexity index is 725. The molecule has 23 heavy (non-hydrogen) atoms. The van der Waals surface area contributed by atoms with Crippen LogP contribution in [0.25, 0.3) is 5.69 Å². The number of para-hydroxylation sites is 1. The van der Waals surface area contributed by atoms with E-state index in [2.05, 4.69) is 18.3 Å². The molecule has 0 atom stereocenters. The van der Waals surface area contributed by atoms with Gasteiger partial charge in [0.15, 0.2) is 0 Å². The summed E-state index contributed by atoms with van der Waals surface area (Å²) in [5.41, 5.74) is 2.88. The van der Waals surface area contributed by atoms with E-state index < -0.39 is 0 Å². The summed E-state index contributed by atoms with van der Waals surface area (Å²) in [5.74, 6) is -0.210. The summed E-state index contributed by atoms with van der Waals surface area (Å²) in [4.78, 5) is 13.8. The van der Waals surface area contributed by atoms with Gasteiger partial charge in [0.1, 0.15) is 11.8 Å². The van der Waals surface area contributed by atoms with Crippen molar-refractivity contribution < 1.29 is 9.69 Å². The quantitative estimate of drug-likeness (QED) is 0.828. The molecule has 1 amide bonds. The molecule has 0 aliphatic carbocycles. The number of hydrogen-bond acceptors (Lipinski definition) is 2. The third-order valence-corrected chi connectivity index (χ3v) is 3.76. The lowest BCUT2D eigenvalue weighted by molar-refractivity contribution is -0.856. The van der Waals surface area contributed by atoms with Crippen LogP contribution in [0.1, 0.15) is 28.5 Å². The molecule has 1 aromatic carbocycles. The molecule has 0 saturated heterocycles. The maximum Gasteiger partial charge on any atom is 0.269 e. The smallest absolute Gasteiger partial charge is 0.269 e. The first kappa shape index (κ1) is 16.8. The Labute approximate surface area is 137 Å². The topological polar surface area (TPSA) is 62.3 Å². The van der Waals surface area contributed by atoms with E-state index in [1.807, 2.05) is 42.9 Å². The second kappa shape index (κ2) is 7.61. The minimum atomic E-state index is -0.210. The second-order valence-corrected chi connectivity index (χ2v) is 5.76. The van der Waals surface area contributed by atoms with Crippen molar-refractivity contribution in [1.82, 2.24) is 9.88 Å². The van der Waals surface area contributed by atoms with Crippen LogP contribution in [0.2, 0.25) is 0 Å². The molecule has 1 heterocycles. The summed E-state index contributed by atoms with van der Waals surface area (Å²) in [6.07, 6.45) is 2.65. The number of carbonyl (C=O) groups is 1. The predicted molar refractivity (Wildman–Crippen MR) is 89.9 cm³/mol. The van der Waals surface area contributed by atoms with Crippen molar-refractivity contribution in [3.8, 4) is 11.8 Å². The fourth-order valence-corrected chi connectivity index (χ4v) is 2.51. The van der Waals surface area contributed by atoms with Crippen LogP contribution < -0.4 is 10.2 Å². The van der Waals surface area contributed by atoms with Crippen molar-refractivity contribution in [2.45, 2.75) is 13.3 Å². The molecule has 0 bridgehead atoms. The highest BCUT2D eigenvalue weighted by Crippen LogP contribution is 2.21. The van der Waals surface area contributed by atoms with E-state index in [-0.39, 0.29) is 5.91 Å². The number of nitriles is 1. The SMILES string of the molecule is CCc1ccccc1-n1ccc(C#N)c1C(=O)NCC[NH+](C)C. The molecular formula is C18H23N4O+. The average molecular weight is 311 g/mol. The minimum Gasteiger partial charge on any atom is -0.345 e. The molecule has 0 spiro atoms. The summed E-state index contributed by atoms with van der Waals surface area (Å²) in [6, 6.07) is 11.7. The van der Waals surface area contributed by atoms with E-state index in [0.717, 1.165) is 24.2 Å². The van der Waals surface area contributed by atoms with Gasteiger partial charge >= 0.3 is 0 Å². The van der Waals surface area contributed by atoms with Gasteiger partial charge in [-0.3, -0.25) is 4.79 Å². The van der Waals surface area contributed by atoms with Crippen LogP contribution in [0.4, 0.5) is 0 Å². The number of amides is 1. The molecule has 2 aromatic rings. The monoisotopic (exact) mass is 311 g/mol. The Morgan fingerprint density at radius 2 is 2.04 bits per heavy atom. The van der Waals surface area contributed by atoms with Gasteiger partial charge in [0, 0.05) is 11.9 Å². The van der Waals surface area contributed by atoms with Crippen LogP contribution in [-0.2, 0) is 6.42 Å². The molecule has 0 saturated carbocycles. The van der Waals surface area contributed by atoms with Crippen LogP contribution in [0.15, 0.2) is 36.5 Å². The van der Waals surface area contributed by atoms with Gasteiger partial charge in [-0.1, -0.05) is 25.1 Å². The molecule has 0 radical (unpaired) electrons. The lowest BCUT2D eigenvalue weighted by Gasteiger charge is -2.14. The molecule has 0 fully saturated rings. The molecule has 5 heteroatoms. The third-order valence-electron chi connectivity index (χ3n) is 3.76. The minimum absolute atomic E-state index is 0.210. The molecular weight excluding hydrogens is 288 g/mol. The van der Waals surface area contributed by atoms with Crippen LogP contribution in [0, 0.1) is 11.3 Å². The van der Waals surface area contributed by atoms with Crippen molar-refractivity contribution in [2.24, 2.45) is 0 Å². The van der Waals surface area contributed by atoms with Crippen molar-refractivity contribution >= 4 is 5.91 Å². The Kier molecular flexibility index (Phi) is 5.56. The second-order valence-electron chi connectivity index (χ2n) is 5.76. The third kappa shape index (κ3) is 3.79. The van der Waals surface area contributed by atoms with E-state index in [4.69, 9.17) is 0 Å². The average Bonchev–Trinajstić information content (AvgIpc) is 2.98. The first-order valence-corrected chi connectivity index (χ1v) is 7.85. The van der Waals surface area contributed by atoms with Gasteiger partial charge in [-0.15, -0.1) is 0 Å². The zero-order valence-electron chi connectivity index (χ0n) is 13.9. The van der Waals surface area contributed by atoms with Crippen molar-refractivity contribution in [1.29, 1.82) is 5.26 Å². The first-order valence-electron chi connectivity index (χ1n) is 7.85. The number of quaternary nitrogens is 1. The summed E-state index contributed by atoms with van der Waals surface area (Å²) in [6.45, 7) is 3.49. The van der Waals surface area contributed by atoms with Gasteiger partial charge in [-0.2, -0.15) is 5.26 Å². The Morgan fingerprint density at radius 3 is 2.70 bits per heavy atom. The zero-order valence-corrected chi connectivity index (χ0v) is 13.9. The van der Waals surface area contributed by atoms with Crippen molar-refractivity contribution in [3.63, 3.8) is 0 Å². The highest BCUT2D eigenvalue weighted by Gasteiger charge is 2.19. The van der Waals surface area contributed by atoms with Gasteiger partial charge < -0.3 is 14.8 Å². The maximum atomic E-state index is 12.6. The molecule has 120 valence electrons. The number of likely N-dealkylation sites (N-methyl/N-ethyl adjacent to an activating group) is 1. The largest absolute Gasteiger partial charge is 0.345 e. The summed E-state index contributed by atoms with van der Waals surface area (Å²) < 4.78 is 1.81. The molecule has 5 nitrogen and oxygen atoms in total. The molecule has 1 aromatic heterocycles. The van der Waals surface area contributed by atoms with Crippen molar-refractivity contribution in [3.05, 3.63) is 53.3 Å². The molecule has 2 N–H and O–H groups in total. The molecule has 0 aliphatic rings. The number of nitrogens with one attached hydrogen (secondary N) is 2. The Balaban J connectivity index is 2.37. The van der Waals surface area contributed by atoms with E-state index in [0.29, 0.717) is 17.8 Å². The number of benzene rings is 1. The van der Waals surface area contributed by atoms with Crippen LogP contribution in [0.5, 0.6) is 0 Å². The number of aromatic nitrogens is 1. The highest BCUT2D eigenvalue weighted by atomic mass is 16.1. The highest BCUT2D eigenvalue weighted by molar-refractivity contribution is 5.96. The number of aryl methyl sites for hydroxylation is 1. The van der Waals surface area contributed by atoms with Gasteiger partial charge in [-0.05, 0) is 24.1 Å². The van der Waals surface area contributed by atoms with Gasteiger partial charge in [0.2, 0.25) is 0 Å². The number of carbonyl (C=O) groups excluding carboxylic acids is 1. The lowest BCUT2D eigenvalue weighted by Crippen LogP contribution is -3.06. The molecule has 2 rings (SSSR count). The zero-order chi connectivity index (χ0) is 16.8. The summed E-state index contributed by atoms with van der Waals surface area (Å²) >= 11 is 0. The van der Waals surface area contributed by atoms with E-state index in [1.54, 1.807) is 12.3 Å². The predicted octanol–water partition coefficient (Wildman–Crippen LogP) is 0.786. The first-order chi connectivity index (χ1) is 11.1. The van der Waals surface area contributed by atoms with Gasteiger partial charge in [0.05, 0.1) is 32.7 Å².